The summed E-state index contributed by atoms with van der Waals surface area (Å²) in [6.45, 7) is 0. The van der Waals surface area contributed by atoms with E-state index >= 15 is 0 Å². The Balaban J connectivity index is 1.32. The number of ether oxygens (including phenoxy) is 1. The lowest BCUT2D eigenvalue weighted by Crippen LogP contribution is -2.18. The Morgan fingerprint density at radius 1 is 0.700 bits per heavy atom. The highest BCUT2D eigenvalue weighted by Gasteiger charge is 2.20. The number of carbonyl (C=O) groups is 1. The number of halogens is 2. The van der Waals surface area contributed by atoms with Crippen LogP contribution in [-0.2, 0) is 10.0 Å². The van der Waals surface area contributed by atoms with Gasteiger partial charge >= 0.3 is 0 Å². The predicted octanol–water partition coefficient (Wildman–Crippen LogP) is 8.51. The van der Waals surface area contributed by atoms with E-state index < -0.39 is 15.9 Å². The summed E-state index contributed by atoms with van der Waals surface area (Å²) in [5.41, 5.74) is 2.75. The van der Waals surface area contributed by atoms with Crippen molar-refractivity contribution in [2.75, 3.05) is 10.0 Å². The molecule has 0 aliphatic carbocycles. The first kappa shape index (κ1) is 27.3. The topological polar surface area (TPSA) is 84.5 Å². The van der Waals surface area contributed by atoms with Crippen molar-refractivity contribution < 1.29 is 17.9 Å². The number of hydrogen-bond donors (Lipinski definition) is 2. The first-order valence-corrected chi connectivity index (χ1v) is 14.3. The minimum Gasteiger partial charge on any atom is -0.456 e. The monoisotopic (exact) mass is 588 g/mol. The Labute approximate surface area is 242 Å². The van der Waals surface area contributed by atoms with Crippen molar-refractivity contribution in [2.45, 2.75) is 4.90 Å². The van der Waals surface area contributed by atoms with Crippen molar-refractivity contribution in [3.8, 4) is 22.6 Å². The van der Waals surface area contributed by atoms with Gasteiger partial charge in [-0.05, 0) is 77.9 Å². The summed E-state index contributed by atoms with van der Waals surface area (Å²) in [4.78, 5) is 13.2. The molecule has 2 N–H and O–H groups in total. The number of rotatable bonds is 8. The van der Waals surface area contributed by atoms with E-state index in [9.17, 15) is 13.2 Å². The van der Waals surface area contributed by atoms with Crippen LogP contribution in [-0.4, -0.2) is 14.3 Å². The Morgan fingerprint density at radius 2 is 1.35 bits per heavy atom. The van der Waals surface area contributed by atoms with Gasteiger partial charge in [0, 0.05) is 10.7 Å². The Bertz CT molecular complexity index is 1760. The second-order valence-electron chi connectivity index (χ2n) is 8.70. The van der Waals surface area contributed by atoms with Gasteiger partial charge in [-0.3, -0.25) is 9.52 Å². The Hall–Kier alpha value is -4.30. The van der Waals surface area contributed by atoms with Gasteiger partial charge in [-0.25, -0.2) is 8.42 Å². The molecule has 0 aliphatic rings. The third kappa shape index (κ3) is 6.46. The van der Waals surface area contributed by atoms with E-state index in [1.807, 2.05) is 42.5 Å². The number of para-hydroxylation sites is 1. The lowest BCUT2D eigenvalue weighted by molar-refractivity contribution is 0.102. The standard InChI is InChI=1S/C31H22Cl2N2O4S/c32-23-12-19-29(27(20-23)31(36)34-24-13-10-22(11-14-24)21-6-2-1-3-7-21)35-40(37,38)26-17-15-25(16-18-26)39-30-9-5-4-8-28(30)33/h1-20,35H,(H,34,36). The van der Waals surface area contributed by atoms with Crippen LogP contribution in [0.15, 0.2) is 126 Å². The first-order valence-electron chi connectivity index (χ1n) is 12.1. The lowest BCUT2D eigenvalue weighted by atomic mass is 10.1. The van der Waals surface area contributed by atoms with Gasteiger partial charge < -0.3 is 10.1 Å². The number of carbonyl (C=O) groups excluding carboxylic acids is 1. The Morgan fingerprint density at radius 3 is 2.05 bits per heavy atom. The molecule has 0 saturated heterocycles. The molecule has 200 valence electrons. The molecule has 0 aliphatic heterocycles. The van der Waals surface area contributed by atoms with Crippen LogP contribution >= 0.6 is 23.2 Å². The van der Waals surface area contributed by atoms with E-state index in [1.165, 1.54) is 42.5 Å². The molecule has 0 fully saturated rings. The predicted molar refractivity (Wildman–Crippen MR) is 160 cm³/mol. The van der Waals surface area contributed by atoms with E-state index in [0.29, 0.717) is 22.2 Å². The smallest absolute Gasteiger partial charge is 0.261 e. The maximum Gasteiger partial charge on any atom is 0.261 e. The number of sulfonamides is 1. The summed E-state index contributed by atoms with van der Waals surface area (Å²) in [6, 6.07) is 34.4. The van der Waals surface area contributed by atoms with Crippen molar-refractivity contribution in [1.29, 1.82) is 0 Å². The third-order valence-electron chi connectivity index (χ3n) is 5.92. The van der Waals surface area contributed by atoms with E-state index in [-0.39, 0.29) is 21.2 Å². The molecule has 0 unspecified atom stereocenters. The summed E-state index contributed by atoms with van der Waals surface area (Å²) >= 11 is 12.3. The molecule has 0 bridgehead atoms. The van der Waals surface area contributed by atoms with Gasteiger partial charge in [0.15, 0.2) is 0 Å². The number of amides is 1. The number of nitrogens with one attached hydrogen (secondary N) is 2. The minimum absolute atomic E-state index is 0.0168. The van der Waals surface area contributed by atoms with Gasteiger partial charge in [0.05, 0.1) is 21.2 Å². The summed E-state index contributed by atoms with van der Waals surface area (Å²) in [7, 11) is -4.04. The second kappa shape index (κ2) is 11.8. The fourth-order valence-corrected chi connectivity index (χ4v) is 5.34. The van der Waals surface area contributed by atoms with E-state index in [4.69, 9.17) is 27.9 Å². The number of benzene rings is 5. The van der Waals surface area contributed by atoms with Crippen molar-refractivity contribution in [3.63, 3.8) is 0 Å². The van der Waals surface area contributed by atoms with Crippen molar-refractivity contribution >= 4 is 50.5 Å². The average molecular weight is 590 g/mol. The fraction of sp³-hybridized carbons (Fsp3) is 0. The highest BCUT2D eigenvalue weighted by Crippen LogP contribution is 2.30. The summed E-state index contributed by atoms with van der Waals surface area (Å²) < 4.78 is 34.6. The van der Waals surface area contributed by atoms with Gasteiger partial charge in [-0.1, -0.05) is 77.8 Å². The molecule has 1 amide bonds. The molecule has 0 heterocycles. The maximum absolute atomic E-state index is 13.2. The molecule has 0 spiro atoms. The summed E-state index contributed by atoms with van der Waals surface area (Å²) in [6.07, 6.45) is 0. The molecule has 9 heteroatoms. The molecule has 5 aromatic rings. The van der Waals surface area contributed by atoms with Crippen LogP contribution < -0.4 is 14.8 Å². The van der Waals surface area contributed by atoms with Crippen LogP contribution in [0.25, 0.3) is 11.1 Å². The molecular weight excluding hydrogens is 567 g/mol. The van der Waals surface area contributed by atoms with Gasteiger partial charge in [0.2, 0.25) is 0 Å². The van der Waals surface area contributed by atoms with E-state index in [1.54, 1.807) is 36.4 Å². The van der Waals surface area contributed by atoms with Crippen LogP contribution in [0, 0.1) is 0 Å². The lowest BCUT2D eigenvalue weighted by Gasteiger charge is -2.14. The Kier molecular flexibility index (Phi) is 8.07. The highest BCUT2D eigenvalue weighted by molar-refractivity contribution is 7.92. The molecule has 0 saturated carbocycles. The molecule has 0 atom stereocenters. The van der Waals surface area contributed by atoms with E-state index in [2.05, 4.69) is 10.0 Å². The third-order valence-corrected chi connectivity index (χ3v) is 7.85. The maximum atomic E-state index is 13.2. The number of hydrogen-bond acceptors (Lipinski definition) is 4. The SMILES string of the molecule is O=C(Nc1ccc(-c2ccccc2)cc1)c1cc(Cl)ccc1NS(=O)(=O)c1ccc(Oc2ccccc2Cl)cc1. The average Bonchev–Trinajstić information content (AvgIpc) is 2.96. The minimum atomic E-state index is -4.04. The second-order valence-corrected chi connectivity index (χ2v) is 11.2. The molecule has 0 aromatic heterocycles. The quantitative estimate of drug-likeness (QED) is 0.190. The van der Waals surface area contributed by atoms with Crippen LogP contribution in [0.4, 0.5) is 11.4 Å². The van der Waals surface area contributed by atoms with Crippen molar-refractivity contribution in [1.82, 2.24) is 0 Å². The zero-order chi connectivity index (χ0) is 28.1. The fourth-order valence-electron chi connectivity index (χ4n) is 3.91. The van der Waals surface area contributed by atoms with Gasteiger partial charge in [-0.2, -0.15) is 0 Å². The van der Waals surface area contributed by atoms with Gasteiger partial charge in [0.25, 0.3) is 15.9 Å². The largest absolute Gasteiger partial charge is 0.456 e. The highest BCUT2D eigenvalue weighted by atomic mass is 35.5. The molecule has 0 radical (unpaired) electrons. The van der Waals surface area contributed by atoms with Crippen molar-refractivity contribution in [2.24, 2.45) is 0 Å². The van der Waals surface area contributed by atoms with E-state index in [0.717, 1.165) is 11.1 Å². The van der Waals surface area contributed by atoms with Crippen LogP contribution in [0.1, 0.15) is 10.4 Å². The summed E-state index contributed by atoms with van der Waals surface area (Å²) in [5.74, 6) is 0.345. The van der Waals surface area contributed by atoms with Crippen LogP contribution in [0.5, 0.6) is 11.5 Å². The molecule has 5 aromatic carbocycles. The summed E-state index contributed by atoms with van der Waals surface area (Å²) in [5, 5.41) is 3.52. The van der Waals surface area contributed by atoms with Gasteiger partial charge in [-0.15, -0.1) is 0 Å². The van der Waals surface area contributed by atoms with Crippen molar-refractivity contribution in [3.05, 3.63) is 137 Å². The first-order chi connectivity index (χ1) is 19.3. The van der Waals surface area contributed by atoms with Gasteiger partial charge in [0.1, 0.15) is 11.5 Å². The normalized spacial score (nSPS) is 11.1. The molecule has 40 heavy (non-hydrogen) atoms. The molecule has 5 rings (SSSR count). The molecular formula is C31H22Cl2N2O4S. The number of anilines is 2. The van der Waals surface area contributed by atoms with Crippen LogP contribution in [0.2, 0.25) is 10.0 Å². The molecule has 6 nitrogen and oxygen atoms in total. The zero-order valence-corrected chi connectivity index (χ0v) is 23.2. The zero-order valence-electron chi connectivity index (χ0n) is 20.8. The van der Waals surface area contributed by atoms with Crippen LogP contribution in [0.3, 0.4) is 0 Å².